The summed E-state index contributed by atoms with van der Waals surface area (Å²) in [6.45, 7) is -0.478. The number of rotatable bonds is 1. The van der Waals surface area contributed by atoms with Crippen LogP contribution in [-0.4, -0.2) is 56.4 Å². The molecule has 0 radical (unpaired) electrons. The second kappa shape index (κ2) is 3.25. The van der Waals surface area contributed by atoms with Crippen molar-refractivity contribution in [3.8, 4) is 0 Å². The standard InChI is InChI=1S/C6H12O6/c7-2-4-3(8)1-6(10,11)5(9)12-4/h3-5,7-11H,1-2H2/t3-,4+,5+/m0/s1. The van der Waals surface area contributed by atoms with Crippen molar-refractivity contribution >= 4 is 0 Å². The highest BCUT2D eigenvalue weighted by Crippen LogP contribution is 2.25. The Kier molecular flexibility index (Phi) is 2.67. The summed E-state index contributed by atoms with van der Waals surface area (Å²) in [5.41, 5.74) is 0. The number of aliphatic hydroxyl groups is 5. The molecule has 5 N–H and O–H groups in total. The highest BCUT2D eigenvalue weighted by atomic mass is 16.7. The predicted molar refractivity (Wildman–Crippen MR) is 35.8 cm³/mol. The maximum Gasteiger partial charge on any atom is 0.218 e. The Morgan fingerprint density at radius 1 is 1.33 bits per heavy atom. The molecule has 3 atom stereocenters. The third kappa shape index (κ3) is 1.74. The Morgan fingerprint density at radius 3 is 2.42 bits per heavy atom. The van der Waals surface area contributed by atoms with E-state index in [0.29, 0.717) is 0 Å². The van der Waals surface area contributed by atoms with Gasteiger partial charge in [0.15, 0.2) is 0 Å². The van der Waals surface area contributed by atoms with Crippen molar-refractivity contribution in [1.29, 1.82) is 0 Å². The lowest BCUT2D eigenvalue weighted by Crippen LogP contribution is -2.56. The number of hydrogen-bond donors (Lipinski definition) is 5. The lowest BCUT2D eigenvalue weighted by molar-refractivity contribution is -0.360. The van der Waals surface area contributed by atoms with Gasteiger partial charge in [-0.2, -0.15) is 0 Å². The van der Waals surface area contributed by atoms with E-state index in [-0.39, 0.29) is 0 Å². The second-order valence-electron chi connectivity index (χ2n) is 2.86. The summed E-state index contributed by atoms with van der Waals surface area (Å²) in [4.78, 5) is 0. The molecule has 0 spiro atoms. The molecular formula is C6H12O6. The Balaban J connectivity index is 2.62. The smallest absolute Gasteiger partial charge is 0.218 e. The summed E-state index contributed by atoms with van der Waals surface area (Å²) in [6.07, 6.45) is -4.39. The van der Waals surface area contributed by atoms with E-state index in [9.17, 15) is 0 Å². The van der Waals surface area contributed by atoms with E-state index >= 15 is 0 Å². The fraction of sp³-hybridized carbons (Fsp3) is 1.00. The molecule has 0 unspecified atom stereocenters. The molecule has 6 heteroatoms. The van der Waals surface area contributed by atoms with E-state index in [0.717, 1.165) is 0 Å². The minimum atomic E-state index is -2.44. The Labute approximate surface area is 68.6 Å². The minimum Gasteiger partial charge on any atom is -0.394 e. The van der Waals surface area contributed by atoms with Crippen LogP contribution in [0.2, 0.25) is 0 Å². The minimum absolute atomic E-state index is 0.445. The summed E-state index contributed by atoms with van der Waals surface area (Å²) in [6, 6.07) is 0. The zero-order valence-electron chi connectivity index (χ0n) is 6.29. The highest BCUT2D eigenvalue weighted by molar-refractivity contribution is 4.84. The zero-order valence-corrected chi connectivity index (χ0v) is 6.29. The largest absolute Gasteiger partial charge is 0.394 e. The average Bonchev–Trinajstić information content (AvgIpc) is 1.96. The molecule has 1 aliphatic rings. The van der Waals surface area contributed by atoms with Crippen LogP contribution in [0.25, 0.3) is 0 Å². The summed E-state index contributed by atoms with van der Waals surface area (Å²) in [7, 11) is 0. The topological polar surface area (TPSA) is 110 Å². The summed E-state index contributed by atoms with van der Waals surface area (Å²) >= 11 is 0. The Bertz CT molecular complexity index is 158. The van der Waals surface area contributed by atoms with Gasteiger partial charge in [-0.15, -0.1) is 0 Å². The van der Waals surface area contributed by atoms with Crippen molar-refractivity contribution in [3.63, 3.8) is 0 Å². The fourth-order valence-electron chi connectivity index (χ4n) is 1.07. The fourth-order valence-corrected chi connectivity index (χ4v) is 1.07. The van der Waals surface area contributed by atoms with E-state index in [1.807, 2.05) is 0 Å². The van der Waals surface area contributed by atoms with Gasteiger partial charge in [-0.1, -0.05) is 0 Å². The van der Waals surface area contributed by atoms with Gasteiger partial charge >= 0.3 is 0 Å². The predicted octanol–water partition coefficient (Wildman–Crippen LogP) is -2.87. The monoisotopic (exact) mass is 180 g/mol. The molecule has 0 aliphatic carbocycles. The van der Waals surface area contributed by atoms with Crippen LogP contribution >= 0.6 is 0 Å². The molecule has 12 heavy (non-hydrogen) atoms. The molecule has 0 amide bonds. The third-order valence-corrected chi connectivity index (χ3v) is 1.82. The number of hydrogen-bond acceptors (Lipinski definition) is 6. The molecule has 0 aromatic carbocycles. The van der Waals surface area contributed by atoms with Crippen LogP contribution < -0.4 is 0 Å². The average molecular weight is 180 g/mol. The van der Waals surface area contributed by atoms with Gasteiger partial charge in [0, 0.05) is 6.42 Å². The molecule has 72 valence electrons. The van der Waals surface area contributed by atoms with Crippen molar-refractivity contribution in [2.24, 2.45) is 0 Å². The molecular weight excluding hydrogens is 168 g/mol. The van der Waals surface area contributed by atoms with Gasteiger partial charge in [0.25, 0.3) is 0 Å². The van der Waals surface area contributed by atoms with Crippen molar-refractivity contribution in [2.45, 2.75) is 30.7 Å². The summed E-state index contributed by atoms with van der Waals surface area (Å²) < 4.78 is 4.52. The normalized spacial score (nSPS) is 41.2. The number of ether oxygens (including phenoxy) is 1. The zero-order chi connectivity index (χ0) is 9.35. The molecule has 1 heterocycles. The van der Waals surface area contributed by atoms with Crippen LogP contribution in [0, 0.1) is 0 Å². The van der Waals surface area contributed by atoms with Crippen molar-refractivity contribution < 1.29 is 30.3 Å². The van der Waals surface area contributed by atoms with Crippen molar-refractivity contribution in [3.05, 3.63) is 0 Å². The SMILES string of the molecule is OC[C@H]1O[C@@H](O)C(O)(O)C[C@@H]1O. The number of aliphatic hydroxyl groups excluding tert-OH is 3. The van der Waals surface area contributed by atoms with Gasteiger partial charge in [0.2, 0.25) is 12.1 Å². The molecule has 0 aromatic heterocycles. The van der Waals surface area contributed by atoms with E-state index in [1.165, 1.54) is 0 Å². The Hall–Kier alpha value is -0.240. The first-order valence-corrected chi connectivity index (χ1v) is 3.54. The van der Waals surface area contributed by atoms with Crippen molar-refractivity contribution in [2.75, 3.05) is 6.61 Å². The first-order valence-electron chi connectivity index (χ1n) is 3.54. The van der Waals surface area contributed by atoms with Crippen molar-refractivity contribution in [1.82, 2.24) is 0 Å². The lowest BCUT2D eigenvalue weighted by atomic mass is 10.0. The Morgan fingerprint density at radius 2 is 1.92 bits per heavy atom. The summed E-state index contributed by atoms with van der Waals surface area (Å²) in [5.74, 6) is -2.44. The first kappa shape index (κ1) is 9.85. The van der Waals surface area contributed by atoms with Crippen LogP contribution in [0.4, 0.5) is 0 Å². The van der Waals surface area contributed by atoms with E-state index < -0.39 is 37.3 Å². The lowest BCUT2D eigenvalue weighted by Gasteiger charge is -2.38. The molecule has 1 saturated heterocycles. The first-order chi connectivity index (χ1) is 5.47. The van der Waals surface area contributed by atoms with Crippen LogP contribution in [0.3, 0.4) is 0 Å². The maximum atomic E-state index is 9.11. The second-order valence-corrected chi connectivity index (χ2v) is 2.86. The maximum absolute atomic E-state index is 9.11. The van der Waals surface area contributed by atoms with Crippen LogP contribution in [0.15, 0.2) is 0 Å². The molecule has 0 saturated carbocycles. The van der Waals surface area contributed by atoms with Crippen LogP contribution in [-0.2, 0) is 4.74 Å². The van der Waals surface area contributed by atoms with E-state index in [2.05, 4.69) is 4.74 Å². The van der Waals surface area contributed by atoms with E-state index in [4.69, 9.17) is 25.5 Å². The molecule has 1 fully saturated rings. The van der Waals surface area contributed by atoms with Gasteiger partial charge in [0.1, 0.15) is 6.10 Å². The summed E-state index contributed by atoms with van der Waals surface area (Å²) in [5, 5.41) is 44.5. The van der Waals surface area contributed by atoms with Gasteiger partial charge in [-0.05, 0) is 0 Å². The molecule has 6 nitrogen and oxygen atoms in total. The van der Waals surface area contributed by atoms with Crippen LogP contribution in [0.5, 0.6) is 0 Å². The molecule has 0 bridgehead atoms. The van der Waals surface area contributed by atoms with Gasteiger partial charge in [-0.3, -0.25) is 0 Å². The van der Waals surface area contributed by atoms with Gasteiger partial charge in [0.05, 0.1) is 12.7 Å². The molecule has 1 aliphatic heterocycles. The third-order valence-electron chi connectivity index (χ3n) is 1.82. The molecule has 0 aromatic rings. The van der Waals surface area contributed by atoms with Gasteiger partial charge < -0.3 is 30.3 Å². The molecule has 1 rings (SSSR count). The quantitative estimate of drug-likeness (QED) is 0.277. The van der Waals surface area contributed by atoms with E-state index in [1.54, 1.807) is 0 Å². The van der Waals surface area contributed by atoms with Gasteiger partial charge in [-0.25, -0.2) is 0 Å². The van der Waals surface area contributed by atoms with Crippen LogP contribution in [0.1, 0.15) is 6.42 Å². The highest BCUT2D eigenvalue weighted by Gasteiger charge is 2.45.